The molecule has 2 nitrogen and oxygen atoms in total. The Balaban J connectivity index is 2.41. The molecule has 0 fully saturated rings. The van der Waals surface area contributed by atoms with Gasteiger partial charge in [-0.2, -0.15) is 0 Å². The number of rotatable bonds is 3. The Labute approximate surface area is 87.0 Å². The van der Waals surface area contributed by atoms with Gasteiger partial charge in [0.15, 0.2) is 0 Å². The van der Waals surface area contributed by atoms with E-state index in [1.165, 1.54) is 10.4 Å². The highest BCUT2D eigenvalue weighted by Crippen LogP contribution is 2.26. The Morgan fingerprint density at radius 1 is 1.43 bits per heavy atom. The van der Waals surface area contributed by atoms with Crippen molar-refractivity contribution in [3.63, 3.8) is 0 Å². The van der Waals surface area contributed by atoms with Crippen molar-refractivity contribution in [1.82, 2.24) is 9.97 Å². The molecule has 0 saturated carbocycles. The molecule has 2 heterocycles. The summed E-state index contributed by atoms with van der Waals surface area (Å²) in [4.78, 5) is 9.62. The van der Waals surface area contributed by atoms with Crippen LogP contribution >= 0.6 is 11.3 Å². The lowest BCUT2D eigenvalue weighted by Crippen LogP contribution is -1.85. The van der Waals surface area contributed by atoms with Crippen LogP contribution < -0.4 is 0 Å². The van der Waals surface area contributed by atoms with Crippen LogP contribution in [0, 0.1) is 0 Å². The molecular weight excluding hydrogens is 192 g/mol. The normalized spacial score (nSPS) is 10.0. The topological polar surface area (TPSA) is 25.8 Å². The lowest BCUT2D eigenvalue weighted by atomic mass is 10.1. The van der Waals surface area contributed by atoms with E-state index < -0.39 is 0 Å². The van der Waals surface area contributed by atoms with Crippen LogP contribution in [0.15, 0.2) is 42.7 Å². The third kappa shape index (κ3) is 1.72. The molecule has 70 valence electrons. The van der Waals surface area contributed by atoms with E-state index in [0.717, 1.165) is 12.1 Å². The molecule has 0 N–H and O–H groups in total. The lowest BCUT2D eigenvalue weighted by Gasteiger charge is -1.99. The third-order valence-corrected chi connectivity index (χ3v) is 2.86. The summed E-state index contributed by atoms with van der Waals surface area (Å²) in [7, 11) is 0. The molecule has 0 atom stereocenters. The standard InChI is InChI=1S/C11H10N2S/c1-2-3-11-9(4-7-14-11)10-8-12-5-6-13-10/h2,4-8H,1,3H2. The number of hydrogen-bond acceptors (Lipinski definition) is 3. The van der Waals surface area contributed by atoms with Gasteiger partial charge in [0.25, 0.3) is 0 Å². The number of allylic oxidation sites excluding steroid dienone is 1. The second-order valence-electron chi connectivity index (χ2n) is 2.84. The average Bonchev–Trinajstić information content (AvgIpc) is 2.68. The zero-order valence-electron chi connectivity index (χ0n) is 7.68. The summed E-state index contributed by atoms with van der Waals surface area (Å²) < 4.78 is 0. The van der Waals surface area contributed by atoms with Gasteiger partial charge in [0, 0.05) is 29.3 Å². The quantitative estimate of drug-likeness (QED) is 0.715. The molecule has 2 aromatic rings. The lowest BCUT2D eigenvalue weighted by molar-refractivity contribution is 1.20. The van der Waals surface area contributed by atoms with E-state index in [0.29, 0.717) is 0 Å². The van der Waals surface area contributed by atoms with Crippen molar-refractivity contribution in [1.29, 1.82) is 0 Å². The summed E-state index contributed by atoms with van der Waals surface area (Å²) in [6.45, 7) is 3.74. The van der Waals surface area contributed by atoms with Crippen molar-refractivity contribution in [2.24, 2.45) is 0 Å². The van der Waals surface area contributed by atoms with Crippen LogP contribution in [0.3, 0.4) is 0 Å². The fraction of sp³-hybridized carbons (Fsp3) is 0.0909. The van der Waals surface area contributed by atoms with E-state index >= 15 is 0 Å². The van der Waals surface area contributed by atoms with Gasteiger partial charge in [-0.1, -0.05) is 6.08 Å². The third-order valence-electron chi connectivity index (χ3n) is 1.91. The highest BCUT2D eigenvalue weighted by Gasteiger charge is 2.05. The molecule has 0 bridgehead atoms. The Morgan fingerprint density at radius 2 is 2.36 bits per heavy atom. The van der Waals surface area contributed by atoms with Crippen LogP contribution in [-0.4, -0.2) is 9.97 Å². The molecule has 0 amide bonds. The van der Waals surface area contributed by atoms with Gasteiger partial charge in [0.05, 0.1) is 11.9 Å². The molecule has 0 aliphatic heterocycles. The molecule has 0 saturated heterocycles. The van der Waals surface area contributed by atoms with Crippen LogP contribution in [0.25, 0.3) is 11.3 Å². The Hall–Kier alpha value is -1.48. The molecule has 0 spiro atoms. The molecule has 0 unspecified atom stereocenters. The average molecular weight is 202 g/mol. The maximum Gasteiger partial charge on any atom is 0.0896 e. The molecular formula is C11H10N2S. The minimum Gasteiger partial charge on any atom is -0.261 e. The van der Waals surface area contributed by atoms with E-state index in [1.807, 2.05) is 6.08 Å². The first kappa shape index (κ1) is 9.09. The van der Waals surface area contributed by atoms with Crippen LogP contribution in [-0.2, 0) is 6.42 Å². The van der Waals surface area contributed by atoms with Gasteiger partial charge in [-0.3, -0.25) is 9.97 Å². The maximum atomic E-state index is 4.27. The van der Waals surface area contributed by atoms with Crippen LogP contribution in [0.1, 0.15) is 4.88 Å². The van der Waals surface area contributed by atoms with Gasteiger partial charge >= 0.3 is 0 Å². The van der Waals surface area contributed by atoms with E-state index in [2.05, 4.69) is 28.0 Å². The Morgan fingerprint density at radius 3 is 3.07 bits per heavy atom. The molecule has 0 aromatic carbocycles. The zero-order chi connectivity index (χ0) is 9.80. The van der Waals surface area contributed by atoms with Gasteiger partial charge in [0.1, 0.15) is 0 Å². The smallest absolute Gasteiger partial charge is 0.0896 e. The second-order valence-corrected chi connectivity index (χ2v) is 3.84. The van der Waals surface area contributed by atoms with Crippen molar-refractivity contribution in [2.75, 3.05) is 0 Å². The van der Waals surface area contributed by atoms with Gasteiger partial charge in [0.2, 0.25) is 0 Å². The largest absolute Gasteiger partial charge is 0.261 e. The van der Waals surface area contributed by atoms with E-state index in [-0.39, 0.29) is 0 Å². The van der Waals surface area contributed by atoms with Crippen molar-refractivity contribution in [3.8, 4) is 11.3 Å². The van der Waals surface area contributed by atoms with E-state index in [1.54, 1.807) is 29.9 Å². The number of hydrogen-bond donors (Lipinski definition) is 0. The van der Waals surface area contributed by atoms with E-state index in [4.69, 9.17) is 0 Å². The van der Waals surface area contributed by atoms with Gasteiger partial charge < -0.3 is 0 Å². The van der Waals surface area contributed by atoms with Gasteiger partial charge in [-0.25, -0.2) is 0 Å². The zero-order valence-corrected chi connectivity index (χ0v) is 8.50. The highest BCUT2D eigenvalue weighted by molar-refractivity contribution is 7.10. The molecule has 2 aromatic heterocycles. The summed E-state index contributed by atoms with van der Waals surface area (Å²) in [5.74, 6) is 0. The van der Waals surface area contributed by atoms with Crippen molar-refractivity contribution in [3.05, 3.63) is 47.6 Å². The Bertz CT molecular complexity index is 420. The van der Waals surface area contributed by atoms with E-state index in [9.17, 15) is 0 Å². The fourth-order valence-corrected chi connectivity index (χ4v) is 2.18. The van der Waals surface area contributed by atoms with Crippen LogP contribution in [0.2, 0.25) is 0 Å². The first-order valence-corrected chi connectivity index (χ1v) is 5.23. The van der Waals surface area contributed by atoms with Gasteiger partial charge in [-0.15, -0.1) is 17.9 Å². The molecule has 2 rings (SSSR count). The highest BCUT2D eigenvalue weighted by atomic mass is 32.1. The summed E-state index contributed by atoms with van der Waals surface area (Å²) in [6.07, 6.45) is 7.98. The monoisotopic (exact) mass is 202 g/mol. The summed E-state index contributed by atoms with van der Waals surface area (Å²) in [5.41, 5.74) is 2.11. The van der Waals surface area contributed by atoms with Crippen molar-refractivity contribution < 1.29 is 0 Å². The van der Waals surface area contributed by atoms with Crippen LogP contribution in [0.4, 0.5) is 0 Å². The summed E-state index contributed by atoms with van der Waals surface area (Å²) >= 11 is 1.73. The SMILES string of the molecule is C=CCc1sccc1-c1cnccn1. The number of nitrogens with zero attached hydrogens (tertiary/aromatic N) is 2. The first-order valence-electron chi connectivity index (χ1n) is 4.35. The molecule has 0 aliphatic carbocycles. The minimum absolute atomic E-state index is 0.892. The fourth-order valence-electron chi connectivity index (χ4n) is 1.30. The minimum atomic E-state index is 0.892. The van der Waals surface area contributed by atoms with Crippen LogP contribution in [0.5, 0.6) is 0 Å². The molecule has 0 radical (unpaired) electrons. The first-order chi connectivity index (χ1) is 6.92. The van der Waals surface area contributed by atoms with Crippen molar-refractivity contribution >= 4 is 11.3 Å². The molecule has 0 aliphatic rings. The summed E-state index contributed by atoms with van der Waals surface area (Å²) in [6, 6.07) is 2.08. The van der Waals surface area contributed by atoms with Gasteiger partial charge in [-0.05, 0) is 11.4 Å². The maximum absolute atomic E-state index is 4.27. The number of thiophene rings is 1. The molecule has 3 heteroatoms. The number of aromatic nitrogens is 2. The van der Waals surface area contributed by atoms with Crippen molar-refractivity contribution in [2.45, 2.75) is 6.42 Å². The second kappa shape index (κ2) is 4.15. The molecule has 14 heavy (non-hydrogen) atoms. The predicted molar refractivity (Wildman–Crippen MR) is 59.2 cm³/mol. The summed E-state index contributed by atoms with van der Waals surface area (Å²) in [5, 5.41) is 2.07. The predicted octanol–water partition coefficient (Wildman–Crippen LogP) is 2.93. The Kier molecular flexibility index (Phi) is 2.70.